The second kappa shape index (κ2) is 5.73. The molecule has 0 unspecified atom stereocenters. The van der Waals surface area contributed by atoms with Gasteiger partial charge in [-0.1, -0.05) is 18.2 Å². The summed E-state index contributed by atoms with van der Waals surface area (Å²) >= 11 is 0. The SMILES string of the molecule is COc1ccc([C@@H]2CC=CC[C@H]2[N+](=O)[O-])cc1OC. The Hall–Kier alpha value is -2.04. The lowest BCUT2D eigenvalue weighted by Gasteiger charge is -2.23. The van der Waals surface area contributed by atoms with Crippen molar-refractivity contribution in [2.45, 2.75) is 24.8 Å². The van der Waals surface area contributed by atoms with E-state index in [2.05, 4.69) is 0 Å². The highest BCUT2D eigenvalue weighted by molar-refractivity contribution is 5.44. The molecule has 0 amide bonds. The highest BCUT2D eigenvalue weighted by Gasteiger charge is 2.33. The Balaban J connectivity index is 2.34. The average Bonchev–Trinajstić information content (AvgIpc) is 2.46. The molecule has 0 bridgehead atoms. The van der Waals surface area contributed by atoms with Crippen LogP contribution in [0.1, 0.15) is 24.3 Å². The molecule has 0 aliphatic heterocycles. The van der Waals surface area contributed by atoms with Crippen molar-refractivity contribution in [1.29, 1.82) is 0 Å². The fourth-order valence-corrected chi connectivity index (χ4v) is 2.47. The van der Waals surface area contributed by atoms with Crippen molar-refractivity contribution in [1.82, 2.24) is 0 Å². The van der Waals surface area contributed by atoms with E-state index in [4.69, 9.17) is 9.47 Å². The van der Waals surface area contributed by atoms with E-state index in [1.165, 1.54) is 0 Å². The first-order valence-electron chi connectivity index (χ1n) is 6.17. The van der Waals surface area contributed by atoms with Crippen molar-refractivity contribution < 1.29 is 14.4 Å². The van der Waals surface area contributed by atoms with Crippen LogP contribution in [0.5, 0.6) is 11.5 Å². The third-order valence-corrected chi connectivity index (χ3v) is 3.51. The average molecular weight is 263 g/mol. The van der Waals surface area contributed by atoms with E-state index in [1.54, 1.807) is 20.3 Å². The fourth-order valence-electron chi connectivity index (χ4n) is 2.47. The van der Waals surface area contributed by atoms with Crippen molar-refractivity contribution in [3.8, 4) is 11.5 Å². The van der Waals surface area contributed by atoms with Crippen LogP contribution in [0, 0.1) is 10.1 Å². The Morgan fingerprint density at radius 1 is 1.16 bits per heavy atom. The number of methoxy groups -OCH3 is 2. The van der Waals surface area contributed by atoms with Crippen LogP contribution in [0.25, 0.3) is 0 Å². The molecule has 0 saturated heterocycles. The summed E-state index contributed by atoms with van der Waals surface area (Å²) in [7, 11) is 3.13. The minimum absolute atomic E-state index is 0.111. The highest BCUT2D eigenvalue weighted by Crippen LogP contribution is 2.36. The maximum atomic E-state index is 11.1. The lowest BCUT2D eigenvalue weighted by Crippen LogP contribution is -2.28. The van der Waals surface area contributed by atoms with Gasteiger partial charge in [-0.3, -0.25) is 10.1 Å². The lowest BCUT2D eigenvalue weighted by atomic mass is 9.83. The molecule has 102 valence electrons. The first-order valence-corrected chi connectivity index (χ1v) is 6.17. The predicted octanol–water partition coefficient (Wildman–Crippen LogP) is 2.78. The second-order valence-corrected chi connectivity index (χ2v) is 4.52. The summed E-state index contributed by atoms with van der Waals surface area (Å²) in [4.78, 5) is 10.9. The zero-order valence-electron chi connectivity index (χ0n) is 11.0. The zero-order chi connectivity index (χ0) is 13.8. The van der Waals surface area contributed by atoms with Crippen LogP contribution < -0.4 is 9.47 Å². The monoisotopic (exact) mass is 263 g/mol. The number of allylic oxidation sites excluding steroid dienone is 1. The minimum Gasteiger partial charge on any atom is -0.493 e. The summed E-state index contributed by atoms with van der Waals surface area (Å²) in [6.45, 7) is 0. The number of ether oxygens (including phenoxy) is 2. The number of rotatable bonds is 4. The molecule has 0 spiro atoms. The standard InChI is InChI=1S/C14H17NO4/c1-18-13-8-7-10(9-14(13)19-2)11-5-3-4-6-12(11)15(16)17/h3-4,7-9,11-12H,5-6H2,1-2H3/t11-,12+/m0/s1. The molecule has 1 aromatic rings. The Labute approximate surface area is 112 Å². The van der Waals surface area contributed by atoms with E-state index in [0.717, 1.165) is 5.56 Å². The Morgan fingerprint density at radius 3 is 2.47 bits per heavy atom. The molecule has 0 N–H and O–H groups in total. The first kappa shape index (κ1) is 13.4. The molecule has 0 saturated carbocycles. The number of hydrogen-bond acceptors (Lipinski definition) is 4. The quantitative estimate of drug-likeness (QED) is 0.476. The van der Waals surface area contributed by atoms with Gasteiger partial charge >= 0.3 is 0 Å². The van der Waals surface area contributed by atoms with Crippen LogP contribution in [0.3, 0.4) is 0 Å². The zero-order valence-corrected chi connectivity index (χ0v) is 11.0. The molecule has 5 heteroatoms. The maximum absolute atomic E-state index is 11.1. The van der Waals surface area contributed by atoms with Gasteiger partial charge < -0.3 is 9.47 Å². The topological polar surface area (TPSA) is 61.6 Å². The minimum atomic E-state index is -0.567. The molecule has 1 aromatic carbocycles. The summed E-state index contributed by atoms with van der Waals surface area (Å²) in [5.74, 6) is 1.13. The first-order chi connectivity index (χ1) is 9.17. The van der Waals surface area contributed by atoms with Crippen LogP contribution in [-0.2, 0) is 0 Å². The van der Waals surface area contributed by atoms with E-state index in [0.29, 0.717) is 24.3 Å². The van der Waals surface area contributed by atoms with Gasteiger partial charge in [0.05, 0.1) is 20.1 Å². The molecule has 0 heterocycles. The summed E-state index contributed by atoms with van der Waals surface area (Å²) in [6, 6.07) is 4.94. The van der Waals surface area contributed by atoms with Crippen LogP contribution in [0.4, 0.5) is 0 Å². The largest absolute Gasteiger partial charge is 0.493 e. The third kappa shape index (κ3) is 2.70. The van der Waals surface area contributed by atoms with Gasteiger partial charge in [0.2, 0.25) is 6.04 Å². The summed E-state index contributed by atoms with van der Waals surface area (Å²) in [5, 5.41) is 11.1. The van der Waals surface area contributed by atoms with Gasteiger partial charge in [0.1, 0.15) is 0 Å². The molecule has 19 heavy (non-hydrogen) atoms. The third-order valence-electron chi connectivity index (χ3n) is 3.51. The van der Waals surface area contributed by atoms with Crippen LogP contribution in [-0.4, -0.2) is 25.2 Å². The van der Waals surface area contributed by atoms with Crippen molar-refractivity contribution in [3.63, 3.8) is 0 Å². The van der Waals surface area contributed by atoms with Gasteiger partial charge in [-0.15, -0.1) is 0 Å². The van der Waals surface area contributed by atoms with Crippen molar-refractivity contribution >= 4 is 0 Å². The fraction of sp³-hybridized carbons (Fsp3) is 0.429. The molecular formula is C14H17NO4. The van der Waals surface area contributed by atoms with Gasteiger partial charge in [0.15, 0.2) is 11.5 Å². The molecule has 2 rings (SSSR count). The molecule has 0 fully saturated rings. The van der Waals surface area contributed by atoms with Crippen molar-refractivity contribution in [3.05, 3.63) is 46.0 Å². The lowest BCUT2D eigenvalue weighted by molar-refractivity contribution is -0.526. The summed E-state index contributed by atoms with van der Waals surface area (Å²) in [5.41, 5.74) is 0.920. The van der Waals surface area contributed by atoms with E-state index in [9.17, 15) is 10.1 Å². The van der Waals surface area contributed by atoms with Gasteiger partial charge in [-0.2, -0.15) is 0 Å². The van der Waals surface area contributed by atoms with E-state index in [1.807, 2.05) is 24.3 Å². The van der Waals surface area contributed by atoms with Crippen molar-refractivity contribution in [2.24, 2.45) is 0 Å². The summed E-state index contributed by atoms with van der Waals surface area (Å²) in [6.07, 6.45) is 5.04. The van der Waals surface area contributed by atoms with Crippen molar-refractivity contribution in [2.75, 3.05) is 14.2 Å². The van der Waals surface area contributed by atoms with Gasteiger partial charge in [-0.25, -0.2) is 0 Å². The van der Waals surface area contributed by atoms with Gasteiger partial charge in [0.25, 0.3) is 0 Å². The van der Waals surface area contributed by atoms with Crippen LogP contribution >= 0.6 is 0 Å². The van der Waals surface area contributed by atoms with Gasteiger partial charge in [-0.05, 0) is 24.1 Å². The molecule has 5 nitrogen and oxygen atoms in total. The van der Waals surface area contributed by atoms with Gasteiger partial charge in [0, 0.05) is 11.3 Å². The number of nitrogens with zero attached hydrogens (tertiary/aromatic N) is 1. The molecule has 0 aromatic heterocycles. The van der Waals surface area contributed by atoms with E-state index in [-0.39, 0.29) is 10.8 Å². The molecule has 0 radical (unpaired) electrons. The van der Waals surface area contributed by atoms with Crippen LogP contribution in [0.2, 0.25) is 0 Å². The summed E-state index contributed by atoms with van der Waals surface area (Å²) < 4.78 is 10.4. The molecule has 1 aliphatic carbocycles. The molecule has 1 aliphatic rings. The maximum Gasteiger partial charge on any atom is 0.223 e. The predicted molar refractivity (Wildman–Crippen MR) is 71.4 cm³/mol. The number of benzene rings is 1. The Morgan fingerprint density at radius 2 is 1.84 bits per heavy atom. The van der Waals surface area contributed by atoms with Crippen LogP contribution in [0.15, 0.2) is 30.4 Å². The Bertz CT molecular complexity index is 498. The highest BCUT2D eigenvalue weighted by atomic mass is 16.6. The second-order valence-electron chi connectivity index (χ2n) is 4.52. The molecular weight excluding hydrogens is 246 g/mol. The smallest absolute Gasteiger partial charge is 0.223 e. The van der Waals surface area contributed by atoms with E-state index < -0.39 is 6.04 Å². The number of nitro groups is 1. The Kier molecular flexibility index (Phi) is 4.04. The number of hydrogen-bond donors (Lipinski definition) is 0. The molecule has 2 atom stereocenters. The van der Waals surface area contributed by atoms with E-state index >= 15 is 0 Å². The normalized spacial score (nSPS) is 22.0.